The summed E-state index contributed by atoms with van der Waals surface area (Å²) in [6.45, 7) is -0.305. The van der Waals surface area contributed by atoms with E-state index in [9.17, 15) is 9.59 Å². The number of amides is 1. The zero-order valence-electron chi connectivity index (χ0n) is 9.92. The highest BCUT2D eigenvalue weighted by molar-refractivity contribution is 7.97. The summed E-state index contributed by atoms with van der Waals surface area (Å²) in [6, 6.07) is 7.04. The molecule has 0 fully saturated rings. The third-order valence-electron chi connectivity index (χ3n) is 2.27. The van der Waals surface area contributed by atoms with Crippen LogP contribution in [0.25, 0.3) is 0 Å². The first kappa shape index (κ1) is 14.5. The molecule has 5 nitrogen and oxygen atoms in total. The summed E-state index contributed by atoms with van der Waals surface area (Å²) in [5.41, 5.74) is 1.56. The summed E-state index contributed by atoms with van der Waals surface area (Å²) in [5, 5.41) is 19.8. The number of carbonyl (C=O) groups is 2. The van der Waals surface area contributed by atoms with Crippen LogP contribution in [-0.2, 0) is 10.5 Å². The number of hydrogen-bond donors (Lipinski definition) is 3. The Morgan fingerprint density at radius 2 is 1.94 bits per heavy atom. The number of carboxylic acids is 1. The van der Waals surface area contributed by atoms with Gasteiger partial charge in [0.05, 0.1) is 6.54 Å². The Kier molecular flexibility index (Phi) is 5.67. The van der Waals surface area contributed by atoms with Crippen LogP contribution in [0, 0.1) is 0 Å². The van der Waals surface area contributed by atoms with Crippen LogP contribution < -0.4 is 5.32 Å². The van der Waals surface area contributed by atoms with Gasteiger partial charge in [-0.05, 0) is 24.0 Å². The van der Waals surface area contributed by atoms with E-state index in [4.69, 9.17) is 10.2 Å². The highest BCUT2D eigenvalue weighted by atomic mass is 32.2. The first-order valence-electron chi connectivity index (χ1n) is 5.31. The third-order valence-corrected chi connectivity index (χ3v) is 2.89. The van der Waals surface area contributed by atoms with Gasteiger partial charge in [-0.3, -0.25) is 4.79 Å². The summed E-state index contributed by atoms with van der Waals surface area (Å²) >= 11 is 1.69. The van der Waals surface area contributed by atoms with Crippen molar-refractivity contribution >= 4 is 23.6 Å². The van der Waals surface area contributed by atoms with Crippen LogP contribution in [0.4, 0.5) is 0 Å². The van der Waals surface area contributed by atoms with E-state index in [1.807, 2.05) is 18.4 Å². The minimum atomic E-state index is -1.58. The second kappa shape index (κ2) is 7.03. The van der Waals surface area contributed by atoms with Crippen molar-refractivity contribution in [3.8, 4) is 0 Å². The zero-order valence-corrected chi connectivity index (χ0v) is 10.7. The van der Waals surface area contributed by atoms with Crippen LogP contribution in [0.2, 0.25) is 0 Å². The summed E-state index contributed by atoms with van der Waals surface area (Å²) < 4.78 is 0. The van der Waals surface area contributed by atoms with Gasteiger partial charge in [-0.25, -0.2) is 4.79 Å². The predicted molar refractivity (Wildman–Crippen MR) is 69.6 cm³/mol. The van der Waals surface area contributed by atoms with Crippen molar-refractivity contribution in [3.05, 3.63) is 35.4 Å². The zero-order chi connectivity index (χ0) is 13.5. The molecule has 1 unspecified atom stereocenters. The van der Waals surface area contributed by atoms with Gasteiger partial charge in [-0.1, -0.05) is 12.1 Å². The lowest BCUT2D eigenvalue weighted by molar-refractivity contribution is -0.146. The van der Waals surface area contributed by atoms with E-state index < -0.39 is 18.0 Å². The highest BCUT2D eigenvalue weighted by Crippen LogP contribution is 2.10. The van der Waals surface area contributed by atoms with Crippen LogP contribution in [0.15, 0.2) is 24.3 Å². The maximum Gasteiger partial charge on any atom is 0.334 e. The van der Waals surface area contributed by atoms with Crippen molar-refractivity contribution in [1.82, 2.24) is 5.32 Å². The van der Waals surface area contributed by atoms with E-state index >= 15 is 0 Å². The average molecular weight is 269 g/mol. The van der Waals surface area contributed by atoms with E-state index in [2.05, 4.69) is 5.32 Å². The molecule has 0 heterocycles. The van der Waals surface area contributed by atoms with Gasteiger partial charge in [0.25, 0.3) is 5.91 Å². The molecule has 0 radical (unpaired) electrons. The van der Waals surface area contributed by atoms with Crippen molar-refractivity contribution < 1.29 is 19.8 Å². The van der Waals surface area contributed by atoms with Gasteiger partial charge in [0.15, 0.2) is 6.10 Å². The molecule has 0 saturated carbocycles. The third kappa shape index (κ3) is 4.38. The van der Waals surface area contributed by atoms with Crippen molar-refractivity contribution in [2.24, 2.45) is 0 Å². The maximum atomic E-state index is 11.6. The van der Waals surface area contributed by atoms with Gasteiger partial charge in [0.2, 0.25) is 0 Å². The number of hydrogen-bond acceptors (Lipinski definition) is 4. The minimum absolute atomic E-state index is 0.305. The van der Waals surface area contributed by atoms with Crippen LogP contribution in [0.1, 0.15) is 15.9 Å². The van der Waals surface area contributed by atoms with E-state index in [0.29, 0.717) is 5.56 Å². The number of benzene rings is 1. The largest absolute Gasteiger partial charge is 0.479 e. The fourth-order valence-electron chi connectivity index (χ4n) is 1.30. The first-order valence-corrected chi connectivity index (χ1v) is 6.71. The minimum Gasteiger partial charge on any atom is -0.479 e. The smallest absolute Gasteiger partial charge is 0.334 e. The monoisotopic (exact) mass is 269 g/mol. The molecule has 0 bridgehead atoms. The van der Waals surface area contributed by atoms with Crippen molar-refractivity contribution in [2.45, 2.75) is 11.9 Å². The fourth-order valence-corrected chi connectivity index (χ4v) is 1.82. The lowest BCUT2D eigenvalue weighted by Gasteiger charge is -2.08. The number of thioether (sulfide) groups is 1. The molecule has 0 aromatic heterocycles. The van der Waals surface area contributed by atoms with Gasteiger partial charge >= 0.3 is 5.97 Å². The van der Waals surface area contributed by atoms with Crippen LogP contribution in [0.3, 0.4) is 0 Å². The molecule has 1 aromatic rings. The number of aliphatic hydroxyl groups is 1. The Balaban J connectivity index is 2.54. The van der Waals surface area contributed by atoms with Crippen molar-refractivity contribution in [1.29, 1.82) is 0 Å². The number of aliphatic hydroxyl groups excluding tert-OH is 1. The first-order chi connectivity index (χ1) is 8.54. The van der Waals surface area contributed by atoms with Gasteiger partial charge in [-0.2, -0.15) is 11.8 Å². The Hall–Kier alpha value is -1.53. The summed E-state index contributed by atoms with van der Waals surface area (Å²) in [5.74, 6) is -0.878. The molecular formula is C12H15NO4S. The van der Waals surface area contributed by atoms with E-state index in [1.54, 1.807) is 23.9 Å². The number of nitrogens with one attached hydrogen (secondary N) is 1. The topological polar surface area (TPSA) is 86.6 Å². The Bertz CT molecular complexity index is 419. The van der Waals surface area contributed by atoms with Gasteiger partial charge < -0.3 is 15.5 Å². The Morgan fingerprint density at radius 1 is 1.33 bits per heavy atom. The molecule has 0 aliphatic rings. The SMILES string of the molecule is CSCc1ccc(C(=O)NCC(O)C(=O)O)cc1. The molecule has 0 aliphatic carbocycles. The van der Waals surface area contributed by atoms with E-state index in [0.717, 1.165) is 11.3 Å². The van der Waals surface area contributed by atoms with Crippen LogP contribution >= 0.6 is 11.8 Å². The standard InChI is InChI=1S/C12H15NO4S/c1-18-7-8-2-4-9(5-3-8)11(15)13-6-10(14)12(16)17/h2-5,10,14H,6-7H2,1H3,(H,13,15)(H,16,17). The molecule has 18 heavy (non-hydrogen) atoms. The second-order valence-electron chi connectivity index (χ2n) is 3.69. The predicted octanol–water partition coefficient (Wildman–Crippen LogP) is 0.725. The molecule has 6 heteroatoms. The van der Waals surface area contributed by atoms with Crippen LogP contribution in [0.5, 0.6) is 0 Å². The number of carbonyl (C=O) groups excluding carboxylic acids is 1. The molecule has 1 aromatic carbocycles. The highest BCUT2D eigenvalue weighted by Gasteiger charge is 2.14. The van der Waals surface area contributed by atoms with Crippen LogP contribution in [-0.4, -0.2) is 41.0 Å². The van der Waals surface area contributed by atoms with E-state index in [1.165, 1.54) is 0 Å². The molecule has 1 rings (SSSR count). The van der Waals surface area contributed by atoms with Gasteiger partial charge in [-0.15, -0.1) is 0 Å². The molecule has 98 valence electrons. The van der Waals surface area contributed by atoms with Crippen molar-refractivity contribution in [3.63, 3.8) is 0 Å². The van der Waals surface area contributed by atoms with Gasteiger partial charge in [0.1, 0.15) is 0 Å². The van der Waals surface area contributed by atoms with E-state index in [-0.39, 0.29) is 6.54 Å². The number of aliphatic carboxylic acids is 1. The number of carboxylic acid groups (broad SMARTS) is 1. The average Bonchev–Trinajstić information content (AvgIpc) is 2.36. The summed E-state index contributed by atoms with van der Waals surface area (Å²) in [6.07, 6.45) is 0.415. The molecular weight excluding hydrogens is 254 g/mol. The maximum absolute atomic E-state index is 11.6. The van der Waals surface area contributed by atoms with Crippen molar-refractivity contribution in [2.75, 3.05) is 12.8 Å². The van der Waals surface area contributed by atoms with Gasteiger partial charge in [0, 0.05) is 11.3 Å². The molecule has 1 amide bonds. The fraction of sp³-hybridized carbons (Fsp3) is 0.333. The molecule has 1 atom stereocenters. The quantitative estimate of drug-likeness (QED) is 0.708. The summed E-state index contributed by atoms with van der Waals surface area (Å²) in [7, 11) is 0. The normalized spacial score (nSPS) is 11.9. The second-order valence-corrected chi connectivity index (χ2v) is 4.56. The number of rotatable bonds is 6. The molecule has 0 aliphatic heterocycles. The lowest BCUT2D eigenvalue weighted by atomic mass is 10.1. The Morgan fingerprint density at radius 3 is 2.44 bits per heavy atom. The summed E-state index contributed by atoms with van der Waals surface area (Å²) in [4.78, 5) is 22.0. The molecule has 0 saturated heterocycles. The molecule has 3 N–H and O–H groups in total. The molecule has 0 spiro atoms. The Labute approximate surface area is 109 Å². The lowest BCUT2D eigenvalue weighted by Crippen LogP contribution is -2.36.